The zero-order valence-electron chi connectivity index (χ0n) is 12.1. The number of aromatic amines is 1. The van der Waals surface area contributed by atoms with Gasteiger partial charge in [0.05, 0.1) is 25.8 Å². The van der Waals surface area contributed by atoms with Gasteiger partial charge in [0, 0.05) is 19.8 Å². The first-order valence-electron chi connectivity index (χ1n) is 6.87. The molecule has 8 nitrogen and oxygen atoms in total. The highest BCUT2D eigenvalue weighted by Crippen LogP contribution is 2.19. The zero-order chi connectivity index (χ0) is 14.8. The van der Waals surface area contributed by atoms with Crippen LogP contribution in [0.4, 0.5) is 0 Å². The monoisotopic (exact) mass is 290 g/mol. The second-order valence-corrected chi connectivity index (χ2v) is 5.18. The number of carbonyl (C=O) groups is 1. The summed E-state index contributed by atoms with van der Waals surface area (Å²) in [5.74, 6) is 1.42. The lowest BCUT2D eigenvalue weighted by atomic mass is 10.2. The average Bonchev–Trinajstić information content (AvgIpc) is 3.08. The third-order valence-electron chi connectivity index (χ3n) is 3.44. The normalized spacial score (nSPS) is 19.0. The maximum Gasteiger partial charge on any atom is 0.227 e. The molecule has 1 unspecified atom stereocenters. The number of hydrogen-bond acceptors (Lipinski definition) is 5. The van der Waals surface area contributed by atoms with Crippen molar-refractivity contribution in [2.45, 2.75) is 19.4 Å². The molecule has 1 saturated heterocycles. The predicted octanol–water partition coefficient (Wildman–Crippen LogP) is -0.0108. The molecule has 0 radical (unpaired) electrons. The fourth-order valence-electron chi connectivity index (χ4n) is 2.39. The molecule has 0 aliphatic carbocycles. The lowest BCUT2D eigenvalue weighted by Crippen LogP contribution is -2.43. The van der Waals surface area contributed by atoms with Gasteiger partial charge >= 0.3 is 0 Å². The molecule has 1 aliphatic heterocycles. The molecule has 3 heterocycles. The van der Waals surface area contributed by atoms with Gasteiger partial charge in [-0.25, -0.2) is 4.98 Å². The molecule has 2 aromatic rings. The van der Waals surface area contributed by atoms with E-state index in [2.05, 4.69) is 20.3 Å². The number of ether oxygens (including phenoxy) is 1. The Kier molecular flexibility index (Phi) is 3.70. The Hall–Kier alpha value is -2.22. The van der Waals surface area contributed by atoms with Gasteiger partial charge in [-0.1, -0.05) is 0 Å². The number of nitrogens with zero attached hydrogens (tertiary/aromatic N) is 5. The van der Waals surface area contributed by atoms with Gasteiger partial charge in [-0.3, -0.25) is 14.6 Å². The molecule has 0 bridgehead atoms. The Morgan fingerprint density at radius 3 is 3.10 bits per heavy atom. The third kappa shape index (κ3) is 3.10. The Bertz CT molecular complexity index is 634. The summed E-state index contributed by atoms with van der Waals surface area (Å²) in [7, 11) is 1.84. The molecule has 2 aromatic heterocycles. The molecule has 112 valence electrons. The Morgan fingerprint density at radius 1 is 1.57 bits per heavy atom. The summed E-state index contributed by atoms with van der Waals surface area (Å²) in [6, 6.07) is 0. The second kappa shape index (κ2) is 5.65. The van der Waals surface area contributed by atoms with Gasteiger partial charge in [0.2, 0.25) is 5.91 Å². The van der Waals surface area contributed by atoms with Crippen LogP contribution in [0.25, 0.3) is 0 Å². The van der Waals surface area contributed by atoms with E-state index in [1.165, 1.54) is 0 Å². The highest BCUT2D eigenvalue weighted by Gasteiger charge is 2.27. The molecule has 0 saturated carbocycles. The minimum Gasteiger partial charge on any atom is -0.366 e. The maximum absolute atomic E-state index is 12.3. The van der Waals surface area contributed by atoms with Crippen LogP contribution in [0.2, 0.25) is 0 Å². The quantitative estimate of drug-likeness (QED) is 0.859. The number of carbonyl (C=O) groups excluding carboxylic acids is 1. The van der Waals surface area contributed by atoms with E-state index in [4.69, 9.17) is 4.74 Å². The van der Waals surface area contributed by atoms with E-state index in [0.29, 0.717) is 31.9 Å². The summed E-state index contributed by atoms with van der Waals surface area (Å²) < 4.78 is 7.35. The maximum atomic E-state index is 12.3. The van der Waals surface area contributed by atoms with E-state index in [1.807, 2.05) is 20.2 Å². The Balaban J connectivity index is 1.64. The van der Waals surface area contributed by atoms with Crippen molar-refractivity contribution in [2.24, 2.45) is 7.05 Å². The van der Waals surface area contributed by atoms with E-state index in [1.54, 1.807) is 15.8 Å². The number of amides is 1. The van der Waals surface area contributed by atoms with Crippen molar-refractivity contribution in [2.75, 3.05) is 19.7 Å². The molecule has 3 rings (SSSR count). The molecular weight excluding hydrogens is 272 g/mol. The minimum atomic E-state index is -0.262. The second-order valence-electron chi connectivity index (χ2n) is 5.18. The van der Waals surface area contributed by atoms with Gasteiger partial charge in [-0.2, -0.15) is 10.2 Å². The van der Waals surface area contributed by atoms with Crippen LogP contribution in [-0.2, 0) is 23.0 Å². The van der Waals surface area contributed by atoms with Crippen LogP contribution < -0.4 is 0 Å². The first-order valence-corrected chi connectivity index (χ1v) is 6.87. The topological polar surface area (TPSA) is 88.9 Å². The van der Waals surface area contributed by atoms with Crippen molar-refractivity contribution >= 4 is 5.91 Å². The standard InChI is InChI=1S/C13H18N6O2/c1-9-15-13(17-16-9)11-8-19(3-4-21-11)12(20)5-10-6-14-18(2)7-10/h6-7,11H,3-5,8H2,1-2H3,(H,15,16,17). The first kappa shape index (κ1) is 13.7. The van der Waals surface area contributed by atoms with E-state index in [0.717, 1.165) is 11.4 Å². The van der Waals surface area contributed by atoms with Crippen LogP contribution in [0.15, 0.2) is 12.4 Å². The zero-order valence-corrected chi connectivity index (χ0v) is 12.1. The van der Waals surface area contributed by atoms with Gasteiger partial charge in [-0.05, 0) is 12.5 Å². The SMILES string of the molecule is Cc1nc(C2CN(C(=O)Cc3cnn(C)c3)CCO2)n[nH]1. The van der Waals surface area contributed by atoms with Crippen molar-refractivity contribution in [1.29, 1.82) is 0 Å². The van der Waals surface area contributed by atoms with Crippen LogP contribution in [0.3, 0.4) is 0 Å². The number of rotatable bonds is 3. The third-order valence-corrected chi connectivity index (χ3v) is 3.44. The van der Waals surface area contributed by atoms with Crippen molar-refractivity contribution in [3.8, 4) is 0 Å². The van der Waals surface area contributed by atoms with Crippen molar-refractivity contribution in [3.63, 3.8) is 0 Å². The highest BCUT2D eigenvalue weighted by atomic mass is 16.5. The Labute approximate surface area is 122 Å². The molecule has 0 aromatic carbocycles. The largest absolute Gasteiger partial charge is 0.366 e. The predicted molar refractivity (Wildman–Crippen MR) is 73.3 cm³/mol. The molecule has 1 atom stereocenters. The van der Waals surface area contributed by atoms with E-state index in [9.17, 15) is 4.79 Å². The smallest absolute Gasteiger partial charge is 0.227 e. The van der Waals surface area contributed by atoms with Gasteiger partial charge in [0.15, 0.2) is 5.82 Å². The number of hydrogen-bond donors (Lipinski definition) is 1. The Morgan fingerprint density at radius 2 is 2.43 bits per heavy atom. The van der Waals surface area contributed by atoms with E-state index >= 15 is 0 Å². The first-order chi connectivity index (χ1) is 10.1. The van der Waals surface area contributed by atoms with Crippen LogP contribution in [0.1, 0.15) is 23.3 Å². The number of nitrogens with one attached hydrogen (secondary N) is 1. The highest BCUT2D eigenvalue weighted by molar-refractivity contribution is 5.78. The van der Waals surface area contributed by atoms with Gasteiger partial charge < -0.3 is 9.64 Å². The molecule has 1 N–H and O–H groups in total. The summed E-state index contributed by atoms with van der Waals surface area (Å²) in [4.78, 5) is 18.4. The summed E-state index contributed by atoms with van der Waals surface area (Å²) in [6.07, 6.45) is 3.66. The van der Waals surface area contributed by atoms with E-state index in [-0.39, 0.29) is 12.0 Å². The lowest BCUT2D eigenvalue weighted by Gasteiger charge is -2.31. The molecular formula is C13H18N6O2. The summed E-state index contributed by atoms with van der Waals surface area (Å²) in [6.45, 7) is 3.41. The summed E-state index contributed by atoms with van der Waals surface area (Å²) in [5.41, 5.74) is 0.916. The molecule has 1 amide bonds. The van der Waals surface area contributed by atoms with E-state index < -0.39 is 0 Å². The fourth-order valence-corrected chi connectivity index (χ4v) is 2.39. The molecule has 8 heteroatoms. The average molecular weight is 290 g/mol. The molecule has 1 aliphatic rings. The number of aromatic nitrogens is 5. The number of H-pyrrole nitrogens is 1. The molecule has 1 fully saturated rings. The minimum absolute atomic E-state index is 0.0727. The van der Waals surface area contributed by atoms with Crippen LogP contribution in [0, 0.1) is 6.92 Å². The number of morpholine rings is 1. The van der Waals surface area contributed by atoms with Gasteiger partial charge in [-0.15, -0.1) is 0 Å². The van der Waals surface area contributed by atoms with Crippen molar-refractivity contribution < 1.29 is 9.53 Å². The molecule has 21 heavy (non-hydrogen) atoms. The fraction of sp³-hybridized carbons (Fsp3) is 0.538. The molecule has 0 spiro atoms. The number of aryl methyl sites for hydroxylation is 2. The summed E-state index contributed by atoms with van der Waals surface area (Å²) in [5, 5.41) is 11.0. The van der Waals surface area contributed by atoms with Gasteiger partial charge in [0.1, 0.15) is 11.9 Å². The van der Waals surface area contributed by atoms with Crippen LogP contribution >= 0.6 is 0 Å². The van der Waals surface area contributed by atoms with Crippen LogP contribution in [-0.4, -0.2) is 55.5 Å². The van der Waals surface area contributed by atoms with Crippen molar-refractivity contribution in [3.05, 3.63) is 29.6 Å². The summed E-state index contributed by atoms with van der Waals surface area (Å²) >= 11 is 0. The van der Waals surface area contributed by atoms with Crippen LogP contribution in [0.5, 0.6) is 0 Å². The van der Waals surface area contributed by atoms with Gasteiger partial charge in [0.25, 0.3) is 0 Å². The van der Waals surface area contributed by atoms with Crippen molar-refractivity contribution in [1.82, 2.24) is 29.9 Å². The lowest BCUT2D eigenvalue weighted by molar-refractivity contribution is -0.138.